The highest BCUT2D eigenvalue weighted by molar-refractivity contribution is 7.85. The summed E-state index contributed by atoms with van der Waals surface area (Å²) in [4.78, 5) is 0.609. The molecule has 108 valence electrons. The average molecular weight is 299 g/mol. The molecule has 0 aliphatic carbocycles. The minimum Gasteiger partial charge on any atom is -0.371 e. The van der Waals surface area contributed by atoms with Gasteiger partial charge in [-0.05, 0) is 31.5 Å². The van der Waals surface area contributed by atoms with Gasteiger partial charge in [0.2, 0.25) is 0 Å². The van der Waals surface area contributed by atoms with Crippen LogP contribution < -0.4 is 0 Å². The lowest BCUT2D eigenvalue weighted by molar-refractivity contribution is 0.0981. The molecule has 3 atom stereocenters. The van der Waals surface area contributed by atoms with E-state index >= 15 is 0 Å². The van der Waals surface area contributed by atoms with E-state index in [9.17, 15) is 14.6 Å². The molecule has 0 aromatic heterocycles. The SMILES string of the molecule is Cc1ccc([S@](=O)[C@H](C)[C@](O)(C#N)c2ccccc2)cc1. The van der Waals surface area contributed by atoms with Crippen LogP contribution in [0.25, 0.3) is 0 Å². The van der Waals surface area contributed by atoms with Crippen LogP contribution in [0, 0.1) is 18.3 Å². The summed E-state index contributed by atoms with van der Waals surface area (Å²) in [5.74, 6) is 0. The van der Waals surface area contributed by atoms with E-state index in [1.54, 1.807) is 43.3 Å². The molecule has 21 heavy (non-hydrogen) atoms. The van der Waals surface area contributed by atoms with Crippen LogP contribution in [-0.2, 0) is 16.4 Å². The lowest BCUT2D eigenvalue weighted by Gasteiger charge is -2.27. The van der Waals surface area contributed by atoms with Crippen LogP contribution >= 0.6 is 0 Å². The third kappa shape index (κ3) is 3.05. The van der Waals surface area contributed by atoms with Crippen LogP contribution in [0.3, 0.4) is 0 Å². The van der Waals surface area contributed by atoms with Crippen molar-refractivity contribution in [1.82, 2.24) is 0 Å². The molecular formula is C17H17NO2S. The quantitative estimate of drug-likeness (QED) is 0.883. The summed E-state index contributed by atoms with van der Waals surface area (Å²) < 4.78 is 12.6. The van der Waals surface area contributed by atoms with Gasteiger partial charge in [0.05, 0.1) is 16.0 Å². The molecular weight excluding hydrogens is 282 g/mol. The zero-order chi connectivity index (χ0) is 15.5. The summed E-state index contributed by atoms with van der Waals surface area (Å²) >= 11 is 0. The van der Waals surface area contributed by atoms with Gasteiger partial charge in [0, 0.05) is 4.90 Å². The van der Waals surface area contributed by atoms with Gasteiger partial charge < -0.3 is 5.11 Å². The van der Waals surface area contributed by atoms with Gasteiger partial charge >= 0.3 is 0 Å². The highest BCUT2D eigenvalue weighted by Crippen LogP contribution is 2.30. The van der Waals surface area contributed by atoms with Crippen molar-refractivity contribution in [2.45, 2.75) is 29.6 Å². The molecule has 0 spiro atoms. The zero-order valence-electron chi connectivity index (χ0n) is 12.0. The number of nitrogens with zero attached hydrogens (tertiary/aromatic N) is 1. The third-order valence-corrected chi connectivity index (χ3v) is 5.27. The maximum Gasteiger partial charge on any atom is 0.191 e. The van der Waals surface area contributed by atoms with Gasteiger partial charge in [-0.15, -0.1) is 0 Å². The topological polar surface area (TPSA) is 61.1 Å². The van der Waals surface area contributed by atoms with E-state index in [2.05, 4.69) is 0 Å². The number of benzene rings is 2. The number of aliphatic hydroxyl groups is 1. The van der Waals surface area contributed by atoms with E-state index in [0.717, 1.165) is 5.56 Å². The number of aryl methyl sites for hydroxylation is 1. The number of hydrogen-bond donors (Lipinski definition) is 1. The maximum absolute atomic E-state index is 12.6. The second-order valence-corrected chi connectivity index (χ2v) is 6.77. The minimum atomic E-state index is -1.78. The van der Waals surface area contributed by atoms with Crippen molar-refractivity contribution >= 4 is 10.8 Å². The fourth-order valence-electron chi connectivity index (χ4n) is 2.11. The average Bonchev–Trinajstić information content (AvgIpc) is 2.54. The zero-order valence-corrected chi connectivity index (χ0v) is 12.8. The molecule has 0 aliphatic rings. The lowest BCUT2D eigenvalue weighted by Crippen LogP contribution is -2.39. The molecule has 3 nitrogen and oxygen atoms in total. The standard InChI is InChI=1S/C17H17NO2S/c1-13-8-10-16(11-9-13)21(20)14(2)17(19,12-18)15-6-4-3-5-7-15/h3-11,14,19H,1-2H3/t14-,17-,21-/m1/s1. The van der Waals surface area contributed by atoms with Crippen LogP contribution in [-0.4, -0.2) is 14.6 Å². The molecule has 1 N–H and O–H groups in total. The van der Waals surface area contributed by atoms with Gasteiger partial charge in [0.15, 0.2) is 5.60 Å². The number of nitriles is 1. The Morgan fingerprint density at radius 2 is 1.71 bits per heavy atom. The highest BCUT2D eigenvalue weighted by Gasteiger charge is 2.40. The van der Waals surface area contributed by atoms with Crippen molar-refractivity contribution in [1.29, 1.82) is 5.26 Å². The summed E-state index contributed by atoms with van der Waals surface area (Å²) in [7, 11) is -1.48. The van der Waals surface area contributed by atoms with Gasteiger partial charge in [0.25, 0.3) is 0 Å². The molecule has 0 saturated heterocycles. The van der Waals surface area contributed by atoms with Crippen molar-refractivity contribution < 1.29 is 9.32 Å². The minimum absolute atomic E-state index is 0.459. The fourth-order valence-corrected chi connectivity index (χ4v) is 3.43. The molecule has 2 rings (SSSR count). The van der Waals surface area contributed by atoms with Crippen molar-refractivity contribution in [2.75, 3.05) is 0 Å². The first-order valence-electron chi connectivity index (χ1n) is 6.65. The van der Waals surface area contributed by atoms with Crippen LogP contribution in [0.5, 0.6) is 0 Å². The molecule has 2 aromatic carbocycles. The molecule has 4 heteroatoms. The van der Waals surface area contributed by atoms with Crippen LogP contribution in [0.1, 0.15) is 18.1 Å². The van der Waals surface area contributed by atoms with Crippen LogP contribution in [0.15, 0.2) is 59.5 Å². The Kier molecular flexibility index (Phi) is 4.56. The van der Waals surface area contributed by atoms with Gasteiger partial charge in [-0.2, -0.15) is 5.26 Å². The Hall–Kier alpha value is -1.96. The Labute approximate surface area is 127 Å². The Morgan fingerprint density at radius 1 is 1.14 bits per heavy atom. The molecule has 0 unspecified atom stereocenters. The van der Waals surface area contributed by atoms with Crippen LogP contribution in [0.4, 0.5) is 0 Å². The highest BCUT2D eigenvalue weighted by atomic mass is 32.2. The van der Waals surface area contributed by atoms with Gasteiger partial charge in [-0.25, -0.2) is 0 Å². The van der Waals surface area contributed by atoms with E-state index in [1.165, 1.54) is 0 Å². The third-order valence-electron chi connectivity index (χ3n) is 3.55. The molecule has 2 aromatic rings. The maximum atomic E-state index is 12.6. The van der Waals surface area contributed by atoms with E-state index < -0.39 is 21.7 Å². The second-order valence-electron chi connectivity index (χ2n) is 5.00. The summed E-state index contributed by atoms with van der Waals surface area (Å²) in [6.45, 7) is 3.58. The van der Waals surface area contributed by atoms with E-state index in [0.29, 0.717) is 10.5 Å². The number of rotatable bonds is 4. The summed E-state index contributed by atoms with van der Waals surface area (Å²) in [6.07, 6.45) is 0. The van der Waals surface area contributed by atoms with Gasteiger partial charge in [-0.3, -0.25) is 4.21 Å². The van der Waals surface area contributed by atoms with Crippen LogP contribution in [0.2, 0.25) is 0 Å². The van der Waals surface area contributed by atoms with E-state index in [-0.39, 0.29) is 0 Å². The first-order valence-corrected chi connectivity index (χ1v) is 7.86. The molecule has 0 radical (unpaired) electrons. The Bertz CT molecular complexity index is 676. The smallest absolute Gasteiger partial charge is 0.191 e. The Balaban J connectivity index is 2.37. The summed E-state index contributed by atoms with van der Waals surface area (Å²) in [6, 6.07) is 17.8. The summed E-state index contributed by atoms with van der Waals surface area (Å²) in [5, 5.41) is 19.4. The predicted molar refractivity (Wildman–Crippen MR) is 83.0 cm³/mol. The van der Waals surface area contributed by atoms with E-state index in [1.807, 2.05) is 31.2 Å². The van der Waals surface area contributed by atoms with Gasteiger partial charge in [-0.1, -0.05) is 48.0 Å². The van der Waals surface area contributed by atoms with Gasteiger partial charge in [0.1, 0.15) is 6.07 Å². The second kappa shape index (κ2) is 6.21. The molecule has 0 heterocycles. The monoisotopic (exact) mass is 299 g/mol. The van der Waals surface area contributed by atoms with Crippen molar-refractivity contribution in [3.8, 4) is 6.07 Å². The predicted octanol–water partition coefficient (Wildman–Crippen LogP) is 2.90. The normalized spacial score (nSPS) is 16.5. The molecule has 0 amide bonds. The first-order chi connectivity index (χ1) is 9.99. The molecule has 0 aliphatic heterocycles. The molecule has 0 bridgehead atoms. The first kappa shape index (κ1) is 15.4. The molecule has 0 fully saturated rings. The van der Waals surface area contributed by atoms with Crippen molar-refractivity contribution in [3.63, 3.8) is 0 Å². The van der Waals surface area contributed by atoms with E-state index in [4.69, 9.17) is 0 Å². The summed E-state index contributed by atoms with van der Waals surface area (Å²) in [5.41, 5.74) is -0.251. The van der Waals surface area contributed by atoms with Crippen molar-refractivity contribution in [2.24, 2.45) is 0 Å². The largest absolute Gasteiger partial charge is 0.371 e. The number of hydrogen-bond acceptors (Lipinski definition) is 3. The lowest BCUT2D eigenvalue weighted by atomic mass is 9.92. The fraction of sp³-hybridized carbons (Fsp3) is 0.235. The Morgan fingerprint density at radius 3 is 2.24 bits per heavy atom. The molecule has 0 saturated carbocycles. The van der Waals surface area contributed by atoms with Crippen molar-refractivity contribution in [3.05, 3.63) is 65.7 Å².